The molecule has 220 valence electrons. The van der Waals surface area contributed by atoms with Crippen molar-refractivity contribution in [1.82, 2.24) is 10.2 Å². The molecule has 2 atom stereocenters. The Bertz CT molecular complexity index is 1470. The maximum absolute atomic E-state index is 14.2. The third-order valence-electron chi connectivity index (χ3n) is 7.26. The van der Waals surface area contributed by atoms with Gasteiger partial charge < -0.3 is 15.0 Å². The van der Waals surface area contributed by atoms with Gasteiger partial charge in [0.2, 0.25) is 11.8 Å². The first-order chi connectivity index (χ1) is 19.4. The van der Waals surface area contributed by atoms with Gasteiger partial charge in [-0.25, -0.2) is 8.42 Å². The van der Waals surface area contributed by atoms with Crippen LogP contribution in [0, 0.1) is 20.8 Å². The van der Waals surface area contributed by atoms with E-state index in [9.17, 15) is 18.0 Å². The van der Waals surface area contributed by atoms with Crippen molar-refractivity contribution in [3.05, 3.63) is 89.0 Å². The number of hydrogen-bond donors (Lipinski definition) is 1. The van der Waals surface area contributed by atoms with Crippen LogP contribution >= 0.6 is 0 Å². The molecule has 0 aliphatic heterocycles. The highest BCUT2D eigenvalue weighted by Gasteiger charge is 2.34. The molecule has 0 aromatic heterocycles. The highest BCUT2D eigenvalue weighted by Crippen LogP contribution is 2.34. The SMILES string of the molecule is CC[C@@H](C)NC(=O)[C@@H](C)N(Cc1ccccc1C)C(=O)CN(c1cc(C)ccc1OC)S(=O)(=O)c1ccc(C)cc1. The molecule has 0 saturated heterocycles. The van der Waals surface area contributed by atoms with Crippen LogP contribution in [0.3, 0.4) is 0 Å². The lowest BCUT2D eigenvalue weighted by molar-refractivity contribution is -0.139. The van der Waals surface area contributed by atoms with E-state index >= 15 is 0 Å². The summed E-state index contributed by atoms with van der Waals surface area (Å²) < 4.78 is 34.8. The van der Waals surface area contributed by atoms with E-state index in [1.165, 1.54) is 24.1 Å². The quantitative estimate of drug-likeness (QED) is 0.320. The van der Waals surface area contributed by atoms with Gasteiger partial charge in [-0.05, 0) is 82.0 Å². The fraction of sp³-hybridized carbons (Fsp3) is 0.375. The molecule has 0 fully saturated rings. The molecule has 0 heterocycles. The molecule has 0 aliphatic rings. The lowest BCUT2D eigenvalue weighted by atomic mass is 10.1. The van der Waals surface area contributed by atoms with Crippen LogP contribution in [0.5, 0.6) is 5.75 Å². The van der Waals surface area contributed by atoms with Gasteiger partial charge in [-0.15, -0.1) is 0 Å². The summed E-state index contributed by atoms with van der Waals surface area (Å²) in [7, 11) is -2.74. The molecular weight excluding hydrogens is 538 g/mol. The third-order valence-corrected chi connectivity index (χ3v) is 9.04. The highest BCUT2D eigenvalue weighted by atomic mass is 32.2. The van der Waals surface area contributed by atoms with Crippen LogP contribution in [-0.2, 0) is 26.2 Å². The fourth-order valence-corrected chi connectivity index (χ4v) is 5.78. The van der Waals surface area contributed by atoms with Crippen LogP contribution in [0.15, 0.2) is 71.6 Å². The standard InChI is InChI=1S/C32H41N3O5S/c1-8-25(5)33-32(37)26(6)34(20-27-12-10-9-11-24(27)4)31(36)21-35(29-19-23(3)15-18-30(29)40-7)41(38,39)28-16-13-22(2)14-17-28/h9-19,25-26H,8,20-21H2,1-7H3,(H,33,37)/t25-,26-/m1/s1. The van der Waals surface area contributed by atoms with E-state index in [0.29, 0.717) is 5.75 Å². The Balaban J connectivity index is 2.11. The Morgan fingerprint density at radius 3 is 2.17 bits per heavy atom. The predicted molar refractivity (Wildman–Crippen MR) is 163 cm³/mol. The van der Waals surface area contributed by atoms with Gasteiger partial charge in [-0.2, -0.15) is 0 Å². The van der Waals surface area contributed by atoms with E-state index in [4.69, 9.17) is 4.74 Å². The number of sulfonamides is 1. The van der Waals surface area contributed by atoms with Crippen molar-refractivity contribution in [3.8, 4) is 5.75 Å². The van der Waals surface area contributed by atoms with Crippen LogP contribution in [0.25, 0.3) is 0 Å². The molecule has 8 nitrogen and oxygen atoms in total. The lowest BCUT2D eigenvalue weighted by Gasteiger charge is -2.33. The molecule has 41 heavy (non-hydrogen) atoms. The summed E-state index contributed by atoms with van der Waals surface area (Å²) in [6.07, 6.45) is 0.736. The number of carbonyl (C=O) groups excluding carboxylic acids is 2. The number of amides is 2. The Morgan fingerprint density at radius 1 is 0.927 bits per heavy atom. The second-order valence-corrected chi connectivity index (χ2v) is 12.3. The number of anilines is 1. The van der Waals surface area contributed by atoms with Gasteiger partial charge in [-0.3, -0.25) is 13.9 Å². The zero-order chi connectivity index (χ0) is 30.3. The molecule has 9 heteroatoms. The number of rotatable bonds is 12. The molecule has 1 N–H and O–H groups in total. The minimum atomic E-state index is -4.19. The zero-order valence-corrected chi connectivity index (χ0v) is 25.8. The molecule has 0 bridgehead atoms. The molecule has 0 radical (unpaired) electrons. The summed E-state index contributed by atoms with van der Waals surface area (Å²) in [6, 6.07) is 18.4. The summed E-state index contributed by atoms with van der Waals surface area (Å²) in [4.78, 5) is 28.9. The predicted octanol–water partition coefficient (Wildman–Crippen LogP) is 5.15. The molecule has 0 spiro atoms. The van der Waals surface area contributed by atoms with E-state index in [2.05, 4.69) is 5.32 Å². The Labute approximate surface area is 244 Å². The van der Waals surface area contributed by atoms with Gasteiger partial charge in [0.15, 0.2) is 0 Å². The Morgan fingerprint density at radius 2 is 1.56 bits per heavy atom. The summed E-state index contributed by atoms with van der Waals surface area (Å²) >= 11 is 0. The second kappa shape index (κ2) is 13.7. The minimum absolute atomic E-state index is 0.0486. The van der Waals surface area contributed by atoms with Gasteiger partial charge in [0.1, 0.15) is 18.3 Å². The van der Waals surface area contributed by atoms with Gasteiger partial charge in [0.25, 0.3) is 10.0 Å². The van der Waals surface area contributed by atoms with Crippen molar-refractivity contribution >= 4 is 27.5 Å². The number of methoxy groups -OCH3 is 1. The molecule has 3 rings (SSSR count). The Kier molecular flexibility index (Phi) is 10.6. The van der Waals surface area contributed by atoms with Crippen molar-refractivity contribution in [2.75, 3.05) is 18.0 Å². The average Bonchev–Trinajstić information content (AvgIpc) is 2.95. The molecule has 0 unspecified atom stereocenters. The van der Waals surface area contributed by atoms with E-state index < -0.39 is 28.5 Å². The summed E-state index contributed by atoms with van der Waals surface area (Å²) in [6.45, 7) is 10.8. The molecule has 0 aliphatic carbocycles. The van der Waals surface area contributed by atoms with Crippen LogP contribution in [0.4, 0.5) is 5.69 Å². The fourth-order valence-electron chi connectivity index (χ4n) is 4.36. The van der Waals surface area contributed by atoms with Crippen molar-refractivity contribution in [3.63, 3.8) is 0 Å². The van der Waals surface area contributed by atoms with E-state index in [1.807, 2.05) is 65.0 Å². The number of hydrogen-bond acceptors (Lipinski definition) is 5. The zero-order valence-electron chi connectivity index (χ0n) is 25.0. The molecule has 3 aromatic carbocycles. The van der Waals surface area contributed by atoms with Crippen LogP contribution in [0.2, 0.25) is 0 Å². The first-order valence-corrected chi connectivity index (χ1v) is 15.2. The number of ether oxygens (including phenoxy) is 1. The Hall–Kier alpha value is -3.85. The first-order valence-electron chi connectivity index (χ1n) is 13.8. The highest BCUT2D eigenvalue weighted by molar-refractivity contribution is 7.92. The molecular formula is C32H41N3O5S. The van der Waals surface area contributed by atoms with E-state index in [0.717, 1.165) is 33.0 Å². The van der Waals surface area contributed by atoms with Gasteiger partial charge >= 0.3 is 0 Å². The van der Waals surface area contributed by atoms with Crippen LogP contribution < -0.4 is 14.4 Å². The monoisotopic (exact) mass is 579 g/mol. The maximum atomic E-state index is 14.2. The van der Waals surface area contributed by atoms with E-state index in [1.54, 1.807) is 31.2 Å². The number of aryl methyl sites for hydroxylation is 3. The lowest BCUT2D eigenvalue weighted by Crippen LogP contribution is -2.52. The maximum Gasteiger partial charge on any atom is 0.264 e. The van der Waals surface area contributed by atoms with Crippen LogP contribution in [0.1, 0.15) is 49.4 Å². The van der Waals surface area contributed by atoms with Crippen molar-refractivity contribution in [1.29, 1.82) is 0 Å². The molecule has 3 aromatic rings. The summed E-state index contributed by atoms with van der Waals surface area (Å²) in [5.41, 5.74) is 3.78. The van der Waals surface area contributed by atoms with Gasteiger partial charge in [0.05, 0.1) is 17.7 Å². The largest absolute Gasteiger partial charge is 0.495 e. The van der Waals surface area contributed by atoms with Crippen molar-refractivity contribution in [2.24, 2.45) is 0 Å². The smallest absolute Gasteiger partial charge is 0.264 e. The van der Waals surface area contributed by atoms with Crippen LogP contribution in [-0.4, -0.2) is 50.9 Å². The summed E-state index contributed by atoms with van der Waals surface area (Å²) in [5, 5.41) is 2.95. The van der Waals surface area contributed by atoms with Gasteiger partial charge in [-0.1, -0.05) is 55.0 Å². The van der Waals surface area contributed by atoms with Gasteiger partial charge in [0, 0.05) is 12.6 Å². The van der Waals surface area contributed by atoms with E-state index in [-0.39, 0.29) is 29.1 Å². The normalized spacial score (nSPS) is 12.8. The number of carbonyl (C=O) groups is 2. The topological polar surface area (TPSA) is 96.0 Å². The molecule has 0 saturated carbocycles. The minimum Gasteiger partial charge on any atom is -0.495 e. The summed E-state index contributed by atoms with van der Waals surface area (Å²) in [5.74, 6) is -0.506. The van der Waals surface area contributed by atoms with Crippen molar-refractivity contribution < 1.29 is 22.7 Å². The number of benzene rings is 3. The first kappa shape index (κ1) is 31.7. The molecule has 2 amide bonds. The number of nitrogens with one attached hydrogen (secondary N) is 1. The number of nitrogens with zero attached hydrogens (tertiary/aromatic N) is 2. The second-order valence-electron chi connectivity index (χ2n) is 10.4. The van der Waals surface area contributed by atoms with Crippen molar-refractivity contribution in [2.45, 2.75) is 71.5 Å². The average molecular weight is 580 g/mol. The third kappa shape index (κ3) is 7.67.